The van der Waals surface area contributed by atoms with Gasteiger partial charge in [-0.1, -0.05) is 49.7 Å². The molecule has 2 N–H and O–H groups in total. The molecule has 0 aliphatic rings. The highest BCUT2D eigenvalue weighted by molar-refractivity contribution is 6.30. The fourth-order valence-corrected chi connectivity index (χ4v) is 2.47. The van der Waals surface area contributed by atoms with Crippen molar-refractivity contribution in [3.8, 4) is 0 Å². The van der Waals surface area contributed by atoms with Crippen molar-refractivity contribution in [1.82, 2.24) is 0 Å². The van der Waals surface area contributed by atoms with Crippen LogP contribution in [0.1, 0.15) is 31.0 Å². The van der Waals surface area contributed by atoms with Crippen LogP contribution in [0.15, 0.2) is 48.5 Å². The van der Waals surface area contributed by atoms with Crippen molar-refractivity contribution in [3.63, 3.8) is 0 Å². The number of nitrogens with one attached hydrogen (secondary N) is 1. The van der Waals surface area contributed by atoms with Gasteiger partial charge in [-0.25, -0.2) is 0 Å². The molecular formula is C18H22ClNO. The average molecular weight is 304 g/mol. The molecule has 2 aromatic carbocycles. The molecule has 2 rings (SSSR count). The van der Waals surface area contributed by atoms with E-state index in [4.69, 9.17) is 11.6 Å². The predicted octanol–water partition coefficient (Wildman–Crippen LogP) is 4.68. The molecule has 0 saturated carbocycles. The highest BCUT2D eigenvalue weighted by Crippen LogP contribution is 2.22. The molecule has 0 amide bonds. The van der Waals surface area contributed by atoms with Crippen LogP contribution in [0.5, 0.6) is 0 Å². The molecule has 0 aromatic heterocycles. The van der Waals surface area contributed by atoms with Gasteiger partial charge in [0, 0.05) is 10.7 Å². The first-order valence-electron chi connectivity index (χ1n) is 7.30. The molecule has 0 fully saturated rings. The van der Waals surface area contributed by atoms with E-state index in [1.807, 2.05) is 24.3 Å². The zero-order valence-corrected chi connectivity index (χ0v) is 13.3. The molecule has 0 aliphatic heterocycles. The smallest absolute Gasteiger partial charge is 0.0745 e. The van der Waals surface area contributed by atoms with Crippen LogP contribution in [-0.2, 0) is 6.42 Å². The van der Waals surface area contributed by atoms with Crippen LogP contribution >= 0.6 is 11.6 Å². The lowest BCUT2D eigenvalue weighted by Gasteiger charge is -2.18. The lowest BCUT2D eigenvalue weighted by atomic mass is 9.99. The molecule has 0 spiro atoms. The molecule has 2 aromatic rings. The quantitative estimate of drug-likeness (QED) is 0.812. The van der Waals surface area contributed by atoms with Crippen molar-refractivity contribution in [2.24, 2.45) is 5.92 Å². The Morgan fingerprint density at radius 1 is 1.00 bits per heavy atom. The highest BCUT2D eigenvalue weighted by Gasteiger charge is 2.10. The van der Waals surface area contributed by atoms with Crippen LogP contribution in [0.4, 0.5) is 5.69 Å². The summed E-state index contributed by atoms with van der Waals surface area (Å²) in [5.41, 5.74) is 3.36. The molecule has 1 unspecified atom stereocenters. The van der Waals surface area contributed by atoms with Gasteiger partial charge in [-0.15, -0.1) is 0 Å². The van der Waals surface area contributed by atoms with Gasteiger partial charge >= 0.3 is 0 Å². The maximum absolute atomic E-state index is 9.62. The Kier molecular flexibility index (Phi) is 5.66. The van der Waals surface area contributed by atoms with Gasteiger partial charge in [-0.05, 0) is 47.7 Å². The third-order valence-electron chi connectivity index (χ3n) is 3.39. The van der Waals surface area contributed by atoms with Crippen molar-refractivity contribution in [2.75, 3.05) is 11.9 Å². The van der Waals surface area contributed by atoms with Crippen LogP contribution in [0, 0.1) is 5.92 Å². The predicted molar refractivity (Wildman–Crippen MR) is 89.9 cm³/mol. The topological polar surface area (TPSA) is 32.3 Å². The van der Waals surface area contributed by atoms with Crippen LogP contribution < -0.4 is 5.32 Å². The van der Waals surface area contributed by atoms with Gasteiger partial charge in [0.15, 0.2) is 0 Å². The van der Waals surface area contributed by atoms with E-state index < -0.39 is 0 Å². The van der Waals surface area contributed by atoms with Gasteiger partial charge in [0.2, 0.25) is 0 Å². The van der Waals surface area contributed by atoms with Gasteiger partial charge in [-0.2, -0.15) is 0 Å². The van der Waals surface area contributed by atoms with Gasteiger partial charge < -0.3 is 10.4 Å². The van der Waals surface area contributed by atoms with Gasteiger partial charge in [0.25, 0.3) is 0 Å². The highest BCUT2D eigenvalue weighted by atomic mass is 35.5. The maximum atomic E-state index is 9.62. The van der Waals surface area contributed by atoms with E-state index in [2.05, 4.69) is 43.4 Å². The Morgan fingerprint density at radius 2 is 1.62 bits per heavy atom. The van der Waals surface area contributed by atoms with E-state index in [-0.39, 0.29) is 12.6 Å². The molecule has 0 heterocycles. The average Bonchev–Trinajstić information content (AvgIpc) is 2.47. The minimum Gasteiger partial charge on any atom is -0.394 e. The molecule has 0 bridgehead atoms. The number of hydrogen-bond donors (Lipinski definition) is 2. The summed E-state index contributed by atoms with van der Waals surface area (Å²) >= 11 is 5.88. The molecule has 112 valence electrons. The van der Waals surface area contributed by atoms with Crippen molar-refractivity contribution in [2.45, 2.75) is 26.3 Å². The largest absolute Gasteiger partial charge is 0.394 e. The minimum atomic E-state index is -0.112. The Labute approximate surface area is 131 Å². The minimum absolute atomic E-state index is 0.0478. The van der Waals surface area contributed by atoms with Gasteiger partial charge in [-0.3, -0.25) is 0 Å². The Morgan fingerprint density at radius 3 is 2.14 bits per heavy atom. The van der Waals surface area contributed by atoms with Crippen molar-refractivity contribution in [3.05, 3.63) is 64.7 Å². The lowest BCUT2D eigenvalue weighted by molar-refractivity contribution is 0.276. The second-order valence-corrected chi connectivity index (χ2v) is 6.16. The van der Waals surface area contributed by atoms with Crippen molar-refractivity contribution >= 4 is 17.3 Å². The van der Waals surface area contributed by atoms with Gasteiger partial charge in [0.05, 0.1) is 12.6 Å². The number of hydrogen-bond acceptors (Lipinski definition) is 2. The van der Waals surface area contributed by atoms with E-state index in [1.54, 1.807) is 0 Å². The molecule has 1 atom stereocenters. The van der Waals surface area contributed by atoms with Gasteiger partial charge in [0.1, 0.15) is 0 Å². The summed E-state index contributed by atoms with van der Waals surface area (Å²) in [7, 11) is 0. The molecule has 0 aliphatic carbocycles. The Hall–Kier alpha value is -1.51. The van der Waals surface area contributed by atoms with Crippen molar-refractivity contribution < 1.29 is 5.11 Å². The maximum Gasteiger partial charge on any atom is 0.0745 e. The number of aliphatic hydroxyl groups excluding tert-OH is 1. The first-order valence-corrected chi connectivity index (χ1v) is 7.68. The summed E-state index contributed by atoms with van der Waals surface area (Å²) < 4.78 is 0. The molecule has 21 heavy (non-hydrogen) atoms. The standard InChI is InChI=1S/C18H22ClNO/c1-13(2)11-14-3-5-15(6-4-14)18(12-21)20-17-9-7-16(19)8-10-17/h3-10,13,18,20-21H,11-12H2,1-2H3. The van der Waals surface area contributed by atoms with E-state index in [9.17, 15) is 5.11 Å². The normalized spacial score (nSPS) is 12.4. The van der Waals surface area contributed by atoms with E-state index in [1.165, 1.54) is 5.56 Å². The van der Waals surface area contributed by atoms with Crippen molar-refractivity contribution in [1.29, 1.82) is 0 Å². The summed E-state index contributed by atoms with van der Waals surface area (Å²) in [6.07, 6.45) is 1.08. The summed E-state index contributed by atoms with van der Waals surface area (Å²) in [4.78, 5) is 0. The molecule has 2 nitrogen and oxygen atoms in total. The van der Waals surface area contributed by atoms with E-state index in [0.29, 0.717) is 10.9 Å². The fourth-order valence-electron chi connectivity index (χ4n) is 2.34. The summed E-state index contributed by atoms with van der Waals surface area (Å²) in [5.74, 6) is 0.650. The van der Waals surface area contributed by atoms with Crippen LogP contribution in [0.3, 0.4) is 0 Å². The third-order valence-corrected chi connectivity index (χ3v) is 3.65. The SMILES string of the molecule is CC(C)Cc1ccc(C(CO)Nc2ccc(Cl)cc2)cc1. The number of anilines is 1. The summed E-state index contributed by atoms with van der Waals surface area (Å²) in [6.45, 7) is 4.48. The second-order valence-electron chi connectivity index (χ2n) is 5.73. The number of aliphatic hydroxyl groups is 1. The second kappa shape index (κ2) is 7.48. The first-order chi connectivity index (χ1) is 10.1. The Balaban J connectivity index is 2.08. The van der Waals surface area contributed by atoms with Crippen LogP contribution in [0.2, 0.25) is 5.02 Å². The van der Waals surface area contributed by atoms with E-state index >= 15 is 0 Å². The summed E-state index contributed by atoms with van der Waals surface area (Å²) in [6, 6.07) is 15.8. The number of halogens is 1. The molecule has 0 radical (unpaired) electrons. The monoisotopic (exact) mass is 303 g/mol. The first kappa shape index (κ1) is 15.9. The van der Waals surface area contributed by atoms with Crippen LogP contribution in [0.25, 0.3) is 0 Å². The fraction of sp³-hybridized carbons (Fsp3) is 0.333. The molecule has 0 saturated heterocycles. The Bertz CT molecular complexity index is 548. The zero-order chi connectivity index (χ0) is 15.2. The number of rotatable bonds is 6. The molecular weight excluding hydrogens is 282 g/mol. The molecule has 3 heteroatoms. The van der Waals surface area contributed by atoms with E-state index in [0.717, 1.165) is 17.7 Å². The number of benzene rings is 2. The third kappa shape index (κ3) is 4.76. The van der Waals surface area contributed by atoms with Crippen LogP contribution in [-0.4, -0.2) is 11.7 Å². The zero-order valence-electron chi connectivity index (χ0n) is 12.5. The lowest BCUT2D eigenvalue weighted by Crippen LogP contribution is -2.14. The summed E-state index contributed by atoms with van der Waals surface area (Å²) in [5, 5.41) is 13.7.